The van der Waals surface area contributed by atoms with Gasteiger partial charge in [-0.1, -0.05) is 12.1 Å². The van der Waals surface area contributed by atoms with Crippen molar-refractivity contribution in [3.8, 4) is 17.2 Å². The Morgan fingerprint density at radius 2 is 1.86 bits per heavy atom. The predicted octanol–water partition coefficient (Wildman–Crippen LogP) is 5.08. The molecule has 4 rings (SSSR count). The second-order valence-electron chi connectivity index (χ2n) is 8.06. The number of aromatic nitrogens is 1. The van der Waals surface area contributed by atoms with Gasteiger partial charge in [-0.3, -0.25) is 0 Å². The molecule has 1 aromatic heterocycles. The number of nitrogens with zero attached hydrogens (tertiary/aromatic N) is 2. The number of aryl methyl sites for hydroxylation is 1. The second kappa shape index (κ2) is 7.33. The molecule has 1 fully saturated rings. The van der Waals surface area contributed by atoms with E-state index in [2.05, 4.69) is 54.3 Å². The first-order valence-corrected chi connectivity index (χ1v) is 10.1. The minimum absolute atomic E-state index is 0.495. The van der Waals surface area contributed by atoms with Crippen molar-refractivity contribution in [3.63, 3.8) is 0 Å². The van der Waals surface area contributed by atoms with Gasteiger partial charge in [-0.2, -0.15) is 5.26 Å². The van der Waals surface area contributed by atoms with E-state index in [1.54, 1.807) is 0 Å². The molecule has 144 valence electrons. The van der Waals surface area contributed by atoms with Gasteiger partial charge in [0, 0.05) is 40.4 Å². The first-order chi connectivity index (χ1) is 13.5. The molecule has 1 heterocycles. The maximum atomic E-state index is 9.57. The van der Waals surface area contributed by atoms with E-state index in [0.717, 1.165) is 33.3 Å². The number of anilines is 1. The third-order valence-corrected chi connectivity index (χ3v) is 6.46. The van der Waals surface area contributed by atoms with Gasteiger partial charge in [-0.05, 0) is 81.5 Å². The highest BCUT2D eigenvalue weighted by molar-refractivity contribution is 5.98. The van der Waals surface area contributed by atoms with Gasteiger partial charge in [0.2, 0.25) is 0 Å². The number of nitrogens with one attached hydrogen (secondary N) is 1. The summed E-state index contributed by atoms with van der Waals surface area (Å²) in [5.74, 6) is 0. The summed E-state index contributed by atoms with van der Waals surface area (Å²) in [5, 5.41) is 14.1. The number of hydrogen-bond acceptors (Lipinski definition) is 3. The van der Waals surface area contributed by atoms with Crippen molar-refractivity contribution in [2.24, 2.45) is 0 Å². The molecule has 0 bridgehead atoms. The standard InChI is InChI=1S/C24H28N4/c1-15-11-24-21(12-17(15)13-25)22(20-5-4-6-23(26)16(20)2)14-28(24)19-9-7-18(27-3)8-10-19/h4-6,11-12,14,18-19,27H,7-10,26H2,1-3H3/t18-,19+. The molecule has 0 aliphatic heterocycles. The molecule has 3 aromatic rings. The Hall–Kier alpha value is -2.77. The van der Waals surface area contributed by atoms with Gasteiger partial charge in [0.1, 0.15) is 0 Å². The van der Waals surface area contributed by atoms with Gasteiger partial charge in [0.05, 0.1) is 11.6 Å². The van der Waals surface area contributed by atoms with Crippen LogP contribution in [0.25, 0.3) is 22.0 Å². The molecule has 1 saturated carbocycles. The van der Waals surface area contributed by atoms with Crippen molar-refractivity contribution in [2.75, 3.05) is 12.8 Å². The van der Waals surface area contributed by atoms with E-state index in [-0.39, 0.29) is 0 Å². The molecule has 0 amide bonds. The zero-order chi connectivity index (χ0) is 19.8. The summed E-state index contributed by atoms with van der Waals surface area (Å²) in [6.07, 6.45) is 7.02. The zero-order valence-corrected chi connectivity index (χ0v) is 16.9. The number of nitrogens with two attached hydrogens (primary N) is 1. The summed E-state index contributed by atoms with van der Waals surface area (Å²) in [6, 6.07) is 13.8. The first-order valence-electron chi connectivity index (χ1n) is 10.1. The average Bonchev–Trinajstić information content (AvgIpc) is 3.07. The Bertz CT molecular complexity index is 1060. The fourth-order valence-corrected chi connectivity index (χ4v) is 4.63. The third kappa shape index (κ3) is 3.06. The zero-order valence-electron chi connectivity index (χ0n) is 16.9. The molecule has 4 nitrogen and oxygen atoms in total. The molecular weight excluding hydrogens is 344 g/mol. The number of rotatable bonds is 3. The Balaban J connectivity index is 1.91. The van der Waals surface area contributed by atoms with Crippen LogP contribution in [0.2, 0.25) is 0 Å². The van der Waals surface area contributed by atoms with E-state index >= 15 is 0 Å². The maximum absolute atomic E-state index is 9.57. The van der Waals surface area contributed by atoms with E-state index in [1.165, 1.54) is 36.8 Å². The fraction of sp³-hybridized carbons (Fsp3) is 0.375. The average molecular weight is 373 g/mol. The number of nitriles is 1. The van der Waals surface area contributed by atoms with Crippen LogP contribution in [-0.2, 0) is 0 Å². The van der Waals surface area contributed by atoms with Gasteiger partial charge in [0.25, 0.3) is 0 Å². The van der Waals surface area contributed by atoms with Crippen molar-refractivity contribution in [1.29, 1.82) is 5.26 Å². The molecule has 1 aliphatic rings. The normalized spacial score (nSPS) is 19.6. The van der Waals surface area contributed by atoms with E-state index in [1.807, 2.05) is 19.1 Å². The monoisotopic (exact) mass is 372 g/mol. The lowest BCUT2D eigenvalue weighted by Gasteiger charge is -2.30. The smallest absolute Gasteiger partial charge is 0.0994 e. The highest BCUT2D eigenvalue weighted by Gasteiger charge is 2.24. The molecule has 0 radical (unpaired) electrons. The van der Waals surface area contributed by atoms with Gasteiger partial charge in [-0.15, -0.1) is 0 Å². The molecule has 3 N–H and O–H groups in total. The van der Waals surface area contributed by atoms with Crippen LogP contribution in [0.1, 0.15) is 48.4 Å². The van der Waals surface area contributed by atoms with Crippen molar-refractivity contribution < 1.29 is 0 Å². The van der Waals surface area contributed by atoms with Crippen molar-refractivity contribution >= 4 is 16.6 Å². The van der Waals surface area contributed by atoms with Crippen molar-refractivity contribution in [2.45, 2.75) is 51.6 Å². The van der Waals surface area contributed by atoms with E-state index < -0.39 is 0 Å². The van der Waals surface area contributed by atoms with Crippen LogP contribution in [0.4, 0.5) is 5.69 Å². The van der Waals surface area contributed by atoms with E-state index in [0.29, 0.717) is 12.1 Å². The first kappa shape index (κ1) is 18.6. The predicted molar refractivity (Wildman–Crippen MR) is 116 cm³/mol. The molecule has 2 aromatic carbocycles. The number of benzene rings is 2. The highest BCUT2D eigenvalue weighted by Crippen LogP contribution is 2.39. The lowest BCUT2D eigenvalue weighted by molar-refractivity contribution is 0.305. The molecular formula is C24H28N4. The second-order valence-corrected chi connectivity index (χ2v) is 8.06. The van der Waals surface area contributed by atoms with Crippen molar-refractivity contribution in [3.05, 3.63) is 53.2 Å². The lowest BCUT2D eigenvalue weighted by atomic mass is 9.91. The molecule has 0 saturated heterocycles. The lowest BCUT2D eigenvalue weighted by Crippen LogP contribution is -2.30. The summed E-state index contributed by atoms with van der Waals surface area (Å²) in [4.78, 5) is 0. The summed E-state index contributed by atoms with van der Waals surface area (Å²) in [6.45, 7) is 4.10. The molecule has 0 spiro atoms. The Morgan fingerprint density at radius 1 is 1.11 bits per heavy atom. The topological polar surface area (TPSA) is 66.8 Å². The fourth-order valence-electron chi connectivity index (χ4n) is 4.63. The van der Waals surface area contributed by atoms with Gasteiger partial charge in [0.15, 0.2) is 0 Å². The number of fused-ring (bicyclic) bond motifs is 1. The van der Waals surface area contributed by atoms with Gasteiger partial charge in [-0.25, -0.2) is 0 Å². The maximum Gasteiger partial charge on any atom is 0.0994 e. The van der Waals surface area contributed by atoms with E-state index in [4.69, 9.17) is 5.73 Å². The number of hydrogen-bond donors (Lipinski definition) is 2. The molecule has 0 unspecified atom stereocenters. The highest BCUT2D eigenvalue weighted by atomic mass is 15.0. The Labute approximate surface area is 167 Å². The minimum Gasteiger partial charge on any atom is -0.398 e. The summed E-state index contributed by atoms with van der Waals surface area (Å²) in [5.41, 5.74) is 13.4. The van der Waals surface area contributed by atoms with Crippen LogP contribution in [0, 0.1) is 25.2 Å². The third-order valence-electron chi connectivity index (χ3n) is 6.46. The SMILES string of the molecule is CN[C@H]1CC[C@@H](n2cc(-c3cccc(N)c3C)c3cc(C#N)c(C)cc32)CC1. The van der Waals surface area contributed by atoms with Crippen LogP contribution in [0.3, 0.4) is 0 Å². The largest absolute Gasteiger partial charge is 0.398 e. The summed E-state index contributed by atoms with van der Waals surface area (Å²) >= 11 is 0. The van der Waals surface area contributed by atoms with Crippen LogP contribution >= 0.6 is 0 Å². The quantitative estimate of drug-likeness (QED) is 0.630. The van der Waals surface area contributed by atoms with Crippen LogP contribution in [0.5, 0.6) is 0 Å². The van der Waals surface area contributed by atoms with Gasteiger partial charge < -0.3 is 15.6 Å². The molecule has 0 atom stereocenters. The molecule has 1 aliphatic carbocycles. The minimum atomic E-state index is 0.495. The van der Waals surface area contributed by atoms with Crippen molar-refractivity contribution in [1.82, 2.24) is 9.88 Å². The Morgan fingerprint density at radius 3 is 2.54 bits per heavy atom. The van der Waals surface area contributed by atoms with Crippen LogP contribution in [-0.4, -0.2) is 17.7 Å². The Kier molecular flexibility index (Phi) is 4.87. The van der Waals surface area contributed by atoms with Crippen LogP contribution < -0.4 is 11.1 Å². The summed E-state index contributed by atoms with van der Waals surface area (Å²) in [7, 11) is 2.06. The molecule has 4 heteroatoms. The molecule has 28 heavy (non-hydrogen) atoms. The summed E-state index contributed by atoms with van der Waals surface area (Å²) < 4.78 is 2.45. The van der Waals surface area contributed by atoms with E-state index in [9.17, 15) is 5.26 Å². The van der Waals surface area contributed by atoms with Gasteiger partial charge >= 0.3 is 0 Å². The van der Waals surface area contributed by atoms with Crippen LogP contribution in [0.15, 0.2) is 36.5 Å². The number of nitrogen functional groups attached to an aromatic ring is 1.